The maximum absolute atomic E-state index is 13.0. The third-order valence-corrected chi connectivity index (χ3v) is 5.44. The fourth-order valence-electron chi connectivity index (χ4n) is 2.55. The molecule has 0 bridgehead atoms. The maximum Gasteiger partial charge on any atom is 0.270 e. The zero-order chi connectivity index (χ0) is 21.7. The molecule has 0 aliphatic carbocycles. The number of para-hydroxylation sites is 2. The largest absolute Gasteiger partial charge is 0.495 e. The van der Waals surface area contributed by atoms with Gasteiger partial charge in [-0.05, 0) is 37.3 Å². The minimum Gasteiger partial charge on any atom is -0.495 e. The van der Waals surface area contributed by atoms with E-state index >= 15 is 0 Å². The van der Waals surface area contributed by atoms with Crippen molar-refractivity contribution in [3.8, 4) is 5.75 Å². The highest BCUT2D eigenvalue weighted by molar-refractivity contribution is 7.93. The van der Waals surface area contributed by atoms with Gasteiger partial charge in [0, 0.05) is 12.1 Å². The maximum atomic E-state index is 13.0. The Morgan fingerprint density at radius 3 is 2.57 bits per heavy atom. The number of anilines is 2. The lowest BCUT2D eigenvalue weighted by atomic mass is 10.3. The zero-order valence-corrected chi connectivity index (χ0v) is 16.8. The first-order valence-electron chi connectivity index (χ1n) is 8.60. The fraction of sp³-hybridized carbons (Fsp3) is 0.105. The van der Waals surface area contributed by atoms with E-state index in [1.165, 1.54) is 31.6 Å². The molecular formula is C19H18N4O6S. The first kappa shape index (κ1) is 20.9. The van der Waals surface area contributed by atoms with Crippen molar-refractivity contribution in [2.24, 2.45) is 5.10 Å². The normalized spacial score (nSPS) is 11.7. The third-order valence-electron chi connectivity index (χ3n) is 4.04. The minimum atomic E-state index is -4.22. The third kappa shape index (κ3) is 4.58. The zero-order valence-electron chi connectivity index (χ0n) is 16.0. The van der Waals surface area contributed by atoms with Gasteiger partial charge in [-0.1, -0.05) is 12.1 Å². The molecule has 0 atom stereocenters. The molecule has 1 aromatic heterocycles. The van der Waals surface area contributed by atoms with Crippen LogP contribution in [-0.4, -0.2) is 26.2 Å². The molecule has 0 radical (unpaired) electrons. The number of non-ortho nitro benzene ring substituents is 1. The van der Waals surface area contributed by atoms with Crippen molar-refractivity contribution in [2.75, 3.05) is 17.3 Å². The molecule has 0 saturated carbocycles. The number of nitrogens with one attached hydrogen (secondary N) is 2. The van der Waals surface area contributed by atoms with Crippen LogP contribution >= 0.6 is 0 Å². The molecular weight excluding hydrogens is 412 g/mol. The summed E-state index contributed by atoms with van der Waals surface area (Å²) in [6.07, 6.45) is 1.48. The predicted octanol–water partition coefficient (Wildman–Crippen LogP) is 3.83. The van der Waals surface area contributed by atoms with Crippen molar-refractivity contribution in [3.63, 3.8) is 0 Å². The summed E-state index contributed by atoms with van der Waals surface area (Å²) in [5.41, 5.74) is 2.96. The fourth-order valence-corrected chi connectivity index (χ4v) is 3.80. The number of furan rings is 1. The molecule has 10 nitrogen and oxygen atoms in total. The number of hydrogen-bond donors (Lipinski definition) is 2. The first-order chi connectivity index (χ1) is 14.3. The number of rotatable bonds is 8. The summed E-state index contributed by atoms with van der Waals surface area (Å²) in [5.74, 6) is 0.786. The highest BCUT2D eigenvalue weighted by atomic mass is 32.2. The number of methoxy groups -OCH3 is 1. The molecule has 0 aliphatic heterocycles. The number of nitrogens with zero attached hydrogens (tertiary/aromatic N) is 2. The van der Waals surface area contributed by atoms with E-state index in [1.54, 1.807) is 37.3 Å². The number of sulfonamides is 1. The van der Waals surface area contributed by atoms with E-state index in [0.29, 0.717) is 17.2 Å². The van der Waals surface area contributed by atoms with Crippen LogP contribution in [0.2, 0.25) is 0 Å². The number of nitro benzene ring substituents is 1. The van der Waals surface area contributed by atoms with Gasteiger partial charge in [0.15, 0.2) is 0 Å². The van der Waals surface area contributed by atoms with Crippen LogP contribution in [0.5, 0.6) is 5.75 Å². The minimum absolute atomic E-state index is 0.0499. The number of hydrogen-bond acceptors (Lipinski definition) is 8. The molecule has 0 fully saturated rings. The number of benzene rings is 2. The van der Waals surface area contributed by atoms with Crippen LogP contribution in [-0.2, 0) is 10.0 Å². The van der Waals surface area contributed by atoms with Crippen LogP contribution in [0.25, 0.3) is 0 Å². The molecule has 156 valence electrons. The summed E-state index contributed by atoms with van der Waals surface area (Å²) in [6, 6.07) is 13.2. The van der Waals surface area contributed by atoms with E-state index in [0.717, 1.165) is 6.07 Å². The lowest BCUT2D eigenvalue weighted by molar-refractivity contribution is -0.385. The van der Waals surface area contributed by atoms with Crippen molar-refractivity contribution in [1.29, 1.82) is 0 Å². The molecule has 1 heterocycles. The Hall–Kier alpha value is -3.86. The Morgan fingerprint density at radius 1 is 1.13 bits per heavy atom. The van der Waals surface area contributed by atoms with Gasteiger partial charge in [0.2, 0.25) is 0 Å². The van der Waals surface area contributed by atoms with E-state index in [-0.39, 0.29) is 22.0 Å². The quantitative estimate of drug-likeness (QED) is 0.315. The van der Waals surface area contributed by atoms with Crippen molar-refractivity contribution in [2.45, 2.75) is 11.8 Å². The summed E-state index contributed by atoms with van der Waals surface area (Å²) < 4.78 is 38.9. The Balaban J connectivity index is 2.01. The second kappa shape index (κ2) is 8.66. The summed E-state index contributed by atoms with van der Waals surface area (Å²) in [4.78, 5) is 10.2. The van der Waals surface area contributed by atoms with Crippen molar-refractivity contribution >= 4 is 32.8 Å². The monoisotopic (exact) mass is 430 g/mol. The molecule has 0 unspecified atom stereocenters. The van der Waals surface area contributed by atoms with Crippen LogP contribution in [0, 0.1) is 10.1 Å². The molecule has 0 spiro atoms. The molecule has 0 amide bonds. The summed E-state index contributed by atoms with van der Waals surface area (Å²) in [7, 11) is -2.82. The van der Waals surface area contributed by atoms with Crippen molar-refractivity contribution in [3.05, 3.63) is 76.7 Å². The second-order valence-electron chi connectivity index (χ2n) is 6.03. The van der Waals surface area contributed by atoms with Gasteiger partial charge < -0.3 is 9.15 Å². The van der Waals surface area contributed by atoms with Crippen molar-refractivity contribution < 1.29 is 22.5 Å². The SMILES string of the molecule is COc1ccccc1NS(=O)(=O)c1cc([N+](=O)[O-])ccc1NN=C(C)c1ccco1. The Labute approximate surface area is 172 Å². The molecule has 0 saturated heterocycles. The molecule has 0 aliphatic rings. The average Bonchev–Trinajstić information content (AvgIpc) is 3.27. The summed E-state index contributed by atoms with van der Waals surface area (Å²) >= 11 is 0. The number of hydrazone groups is 1. The standard InChI is InChI=1S/C19H18N4O6S/c1-13(17-8-5-11-29-17)20-21-16-10-9-14(23(24)25)12-19(16)30(26,27)22-15-6-3-4-7-18(15)28-2/h3-12,21-22H,1-2H3. The molecule has 3 rings (SSSR count). The highest BCUT2D eigenvalue weighted by Gasteiger charge is 2.24. The molecule has 2 N–H and O–H groups in total. The van der Waals surface area contributed by atoms with Gasteiger partial charge in [0.25, 0.3) is 15.7 Å². The van der Waals surface area contributed by atoms with E-state index in [4.69, 9.17) is 9.15 Å². The van der Waals surface area contributed by atoms with Gasteiger partial charge in [-0.15, -0.1) is 0 Å². The smallest absolute Gasteiger partial charge is 0.270 e. The van der Waals surface area contributed by atoms with Crippen LogP contribution in [0.1, 0.15) is 12.7 Å². The van der Waals surface area contributed by atoms with Gasteiger partial charge in [-0.25, -0.2) is 8.42 Å². The highest BCUT2D eigenvalue weighted by Crippen LogP contribution is 2.31. The van der Waals surface area contributed by atoms with Crippen LogP contribution in [0.3, 0.4) is 0 Å². The average molecular weight is 430 g/mol. The van der Waals surface area contributed by atoms with E-state index in [1.807, 2.05) is 0 Å². The molecule has 2 aromatic carbocycles. The lowest BCUT2D eigenvalue weighted by Gasteiger charge is -2.14. The van der Waals surface area contributed by atoms with E-state index in [2.05, 4.69) is 15.2 Å². The predicted molar refractivity (Wildman–Crippen MR) is 111 cm³/mol. The Kier molecular flexibility index (Phi) is 6.02. The van der Waals surface area contributed by atoms with Gasteiger partial charge in [0.05, 0.1) is 29.7 Å². The molecule has 11 heteroatoms. The van der Waals surface area contributed by atoms with Crippen LogP contribution in [0.15, 0.2) is 75.3 Å². The van der Waals surface area contributed by atoms with Crippen LogP contribution in [0.4, 0.5) is 17.1 Å². The van der Waals surface area contributed by atoms with Crippen molar-refractivity contribution in [1.82, 2.24) is 0 Å². The topological polar surface area (TPSA) is 136 Å². The number of ether oxygens (including phenoxy) is 1. The molecule has 30 heavy (non-hydrogen) atoms. The summed E-state index contributed by atoms with van der Waals surface area (Å²) in [6.45, 7) is 1.67. The molecule has 3 aromatic rings. The van der Waals surface area contributed by atoms with E-state index < -0.39 is 14.9 Å². The van der Waals surface area contributed by atoms with Gasteiger partial charge in [-0.3, -0.25) is 20.3 Å². The summed E-state index contributed by atoms with van der Waals surface area (Å²) in [5, 5.41) is 15.3. The lowest BCUT2D eigenvalue weighted by Crippen LogP contribution is -2.16. The van der Waals surface area contributed by atoms with Gasteiger partial charge in [0.1, 0.15) is 22.1 Å². The van der Waals surface area contributed by atoms with Gasteiger partial charge in [-0.2, -0.15) is 5.10 Å². The Morgan fingerprint density at radius 2 is 1.90 bits per heavy atom. The van der Waals surface area contributed by atoms with E-state index in [9.17, 15) is 18.5 Å². The number of nitro groups is 1. The van der Waals surface area contributed by atoms with Crippen LogP contribution < -0.4 is 14.9 Å². The Bertz CT molecular complexity index is 1190. The first-order valence-corrected chi connectivity index (χ1v) is 10.1. The second-order valence-corrected chi connectivity index (χ2v) is 7.68. The van der Waals surface area contributed by atoms with Gasteiger partial charge >= 0.3 is 0 Å².